The second kappa shape index (κ2) is 10.8. The summed E-state index contributed by atoms with van der Waals surface area (Å²) < 4.78 is 17.5. The van der Waals surface area contributed by atoms with E-state index in [4.69, 9.17) is 30.2 Å². The number of hydrogen-bond acceptors (Lipinski definition) is 14. The van der Waals surface area contributed by atoms with Gasteiger partial charge in [-0.3, -0.25) is 14.3 Å². The third-order valence-electron chi connectivity index (χ3n) is 6.16. The molecule has 4 heterocycles. The van der Waals surface area contributed by atoms with Gasteiger partial charge in [0.1, 0.15) is 36.3 Å². The predicted octanol–water partition coefficient (Wildman–Crippen LogP) is -5.48. The Hall–Kier alpha value is -3.00. The number of ether oxygens (including phenoxy) is 3. The minimum Gasteiger partial charge on any atom is -0.394 e. The summed E-state index contributed by atoms with van der Waals surface area (Å²) in [5.74, 6) is -1.96. The van der Waals surface area contributed by atoms with E-state index >= 15 is 0 Å². The Kier molecular flexibility index (Phi) is 8.32. The lowest BCUT2D eigenvalue weighted by Gasteiger charge is -2.31. The molecule has 0 saturated carbocycles. The van der Waals surface area contributed by atoms with Gasteiger partial charge in [0.25, 0.3) is 11.5 Å². The van der Waals surface area contributed by atoms with E-state index in [9.17, 15) is 34.8 Å². The predicted molar refractivity (Wildman–Crippen MR) is 121 cm³/mol. The van der Waals surface area contributed by atoms with E-state index < -0.39 is 78.4 Å². The molecule has 8 atom stereocenters. The minimum atomic E-state index is -2.01. The van der Waals surface area contributed by atoms with Crippen molar-refractivity contribution < 1.29 is 44.8 Å². The van der Waals surface area contributed by atoms with E-state index in [1.165, 1.54) is 19.2 Å². The first-order valence-electron chi connectivity index (χ1n) is 10.9. The Morgan fingerprint density at radius 3 is 2.05 bits per heavy atom. The largest absolute Gasteiger partial charge is 0.394 e. The molecular formula is C20H29N5O12. The fourth-order valence-corrected chi connectivity index (χ4v) is 4.11. The Balaban J connectivity index is 0.000000206. The molecule has 206 valence electrons. The summed E-state index contributed by atoms with van der Waals surface area (Å²) >= 11 is 0. The van der Waals surface area contributed by atoms with Crippen LogP contribution in [0.2, 0.25) is 0 Å². The smallest absolute Gasteiger partial charge is 0.351 e. The van der Waals surface area contributed by atoms with Gasteiger partial charge in [-0.1, -0.05) is 0 Å². The molecule has 2 aliphatic rings. The Morgan fingerprint density at radius 2 is 1.57 bits per heavy atom. The highest BCUT2D eigenvalue weighted by atomic mass is 16.7. The molecule has 0 radical (unpaired) electrons. The van der Waals surface area contributed by atoms with Crippen molar-refractivity contribution in [2.45, 2.75) is 55.2 Å². The van der Waals surface area contributed by atoms with Gasteiger partial charge in [-0.2, -0.15) is 4.98 Å². The highest BCUT2D eigenvalue weighted by Gasteiger charge is 2.57. The zero-order valence-corrected chi connectivity index (χ0v) is 19.7. The minimum absolute atomic E-state index is 0.0478. The standard InChI is InChI=1S/C10H15N3O5.C10H14N2O7/c1-10(8(16)7(15)5(4-14)18-10)13-3-2-6(11)12-9(13)17;1-18-10(8(16)7(15)5(4-13)19-10)12-3-2-6(14)11-9(12)17/h2-3,5,7-8,14-16H,4H2,1H3,(H2,11,12,17);2-3,5,7-8,13,15-16H,4H2,1H3,(H,11,14,17)/t2*5-,7-,8-,10-/m11/s1. The Labute approximate surface area is 207 Å². The van der Waals surface area contributed by atoms with Crippen molar-refractivity contribution in [2.75, 3.05) is 26.1 Å². The number of methoxy groups -OCH3 is 1. The molecule has 2 aliphatic heterocycles. The molecule has 0 unspecified atom stereocenters. The summed E-state index contributed by atoms with van der Waals surface area (Å²) in [6.45, 7) is 0.391. The number of aromatic nitrogens is 4. The van der Waals surface area contributed by atoms with Gasteiger partial charge in [0.15, 0.2) is 11.8 Å². The fourth-order valence-electron chi connectivity index (χ4n) is 4.11. The zero-order valence-electron chi connectivity index (χ0n) is 19.7. The lowest BCUT2D eigenvalue weighted by atomic mass is 10.0. The molecule has 0 aliphatic carbocycles. The lowest BCUT2D eigenvalue weighted by Crippen LogP contribution is -2.52. The molecule has 0 amide bonds. The van der Waals surface area contributed by atoms with Crippen molar-refractivity contribution in [1.82, 2.24) is 19.1 Å². The first kappa shape index (κ1) is 28.6. The number of nitrogens with zero attached hydrogens (tertiary/aromatic N) is 3. The maximum absolute atomic E-state index is 11.7. The number of H-pyrrole nitrogens is 1. The average Bonchev–Trinajstić information content (AvgIpc) is 3.24. The third kappa shape index (κ3) is 4.96. The fraction of sp³-hybridized carbons (Fsp3) is 0.600. The highest BCUT2D eigenvalue weighted by Crippen LogP contribution is 2.35. The highest BCUT2D eigenvalue weighted by molar-refractivity contribution is 5.24. The Bertz CT molecular complexity index is 1270. The monoisotopic (exact) mass is 531 g/mol. The number of nitrogen functional groups attached to an aromatic ring is 1. The summed E-state index contributed by atoms with van der Waals surface area (Å²) in [6.07, 6.45) is -5.40. The van der Waals surface area contributed by atoms with Gasteiger partial charge in [-0.25, -0.2) is 14.2 Å². The number of nitrogens with one attached hydrogen (secondary N) is 1. The van der Waals surface area contributed by atoms with Crippen molar-refractivity contribution in [3.63, 3.8) is 0 Å². The summed E-state index contributed by atoms with van der Waals surface area (Å²) in [5.41, 5.74) is 1.66. The van der Waals surface area contributed by atoms with E-state index in [0.29, 0.717) is 0 Å². The molecule has 17 nitrogen and oxygen atoms in total. The quantitative estimate of drug-likeness (QED) is 0.179. The first-order chi connectivity index (χ1) is 17.4. The van der Waals surface area contributed by atoms with Gasteiger partial charge < -0.3 is 50.6 Å². The number of rotatable bonds is 5. The molecule has 2 aromatic heterocycles. The SMILES string of the molecule is CO[C@@]1(n2ccc(=O)[nH]c2=O)O[C@H](CO)[C@@H](O)[C@H]1O.C[C@@]1(n2ccc(N)nc2=O)O[C@H](CO)[C@@H](O)[C@H]1O. The lowest BCUT2D eigenvalue weighted by molar-refractivity contribution is -0.306. The molecule has 2 saturated heterocycles. The van der Waals surface area contributed by atoms with Crippen LogP contribution in [0.3, 0.4) is 0 Å². The van der Waals surface area contributed by atoms with Crippen molar-refractivity contribution in [3.05, 3.63) is 55.8 Å². The number of hydrogen-bond donors (Lipinski definition) is 8. The van der Waals surface area contributed by atoms with E-state index in [2.05, 4.69) is 4.98 Å². The molecule has 9 N–H and O–H groups in total. The number of nitrogens with two attached hydrogens (primary N) is 1. The van der Waals surface area contributed by atoms with E-state index in [1.54, 1.807) is 0 Å². The van der Waals surface area contributed by atoms with Crippen LogP contribution in [0, 0.1) is 0 Å². The maximum Gasteiger partial charge on any atom is 0.351 e. The van der Waals surface area contributed by atoms with Crippen molar-refractivity contribution >= 4 is 5.82 Å². The van der Waals surface area contributed by atoms with Crippen molar-refractivity contribution in [2.24, 2.45) is 0 Å². The van der Waals surface area contributed by atoms with Gasteiger partial charge in [0.2, 0.25) is 0 Å². The van der Waals surface area contributed by atoms with Crippen LogP contribution in [0.4, 0.5) is 5.82 Å². The third-order valence-corrected chi connectivity index (χ3v) is 6.16. The van der Waals surface area contributed by atoms with Crippen LogP contribution in [0.5, 0.6) is 0 Å². The molecule has 0 aromatic carbocycles. The van der Waals surface area contributed by atoms with Crippen LogP contribution in [0.1, 0.15) is 6.92 Å². The molecule has 2 aromatic rings. The second-order valence-electron chi connectivity index (χ2n) is 8.42. The molecule has 0 bridgehead atoms. The van der Waals surface area contributed by atoms with Crippen molar-refractivity contribution in [3.8, 4) is 0 Å². The van der Waals surface area contributed by atoms with Crippen LogP contribution < -0.4 is 22.7 Å². The second-order valence-corrected chi connectivity index (χ2v) is 8.42. The average molecular weight is 531 g/mol. The van der Waals surface area contributed by atoms with Gasteiger partial charge in [0, 0.05) is 25.6 Å². The summed E-state index contributed by atoms with van der Waals surface area (Å²) in [4.78, 5) is 40.0. The van der Waals surface area contributed by atoms with Crippen LogP contribution in [0.25, 0.3) is 0 Å². The molecular weight excluding hydrogens is 502 g/mol. The van der Waals surface area contributed by atoms with Crippen molar-refractivity contribution in [1.29, 1.82) is 0 Å². The van der Waals surface area contributed by atoms with E-state index in [0.717, 1.165) is 28.5 Å². The molecule has 2 fully saturated rings. The number of aliphatic hydroxyl groups excluding tert-OH is 6. The summed E-state index contributed by atoms with van der Waals surface area (Å²) in [7, 11) is 1.16. The normalized spacial score (nSPS) is 35.2. The van der Waals surface area contributed by atoms with E-state index in [1.807, 2.05) is 4.98 Å². The van der Waals surface area contributed by atoms with Gasteiger partial charge in [-0.15, -0.1) is 0 Å². The summed E-state index contributed by atoms with van der Waals surface area (Å²) in [6, 6.07) is 2.41. The number of aromatic amines is 1. The number of anilines is 1. The topological polar surface area (TPSA) is 265 Å². The zero-order chi connectivity index (χ0) is 27.7. The molecule has 37 heavy (non-hydrogen) atoms. The van der Waals surface area contributed by atoms with Gasteiger partial charge in [0.05, 0.1) is 13.2 Å². The van der Waals surface area contributed by atoms with Gasteiger partial charge in [-0.05, 0) is 13.0 Å². The Morgan fingerprint density at radius 1 is 1.00 bits per heavy atom. The van der Waals surface area contributed by atoms with Gasteiger partial charge >= 0.3 is 11.4 Å². The summed E-state index contributed by atoms with van der Waals surface area (Å²) in [5, 5.41) is 57.5. The number of aliphatic hydroxyl groups is 6. The van der Waals surface area contributed by atoms with E-state index in [-0.39, 0.29) is 5.82 Å². The molecule has 17 heteroatoms. The maximum atomic E-state index is 11.7. The van der Waals surface area contributed by atoms with Crippen LogP contribution in [-0.2, 0) is 25.8 Å². The van der Waals surface area contributed by atoms with Crippen LogP contribution in [0.15, 0.2) is 38.9 Å². The molecule has 4 rings (SSSR count). The van der Waals surface area contributed by atoms with Crippen LogP contribution >= 0.6 is 0 Å². The first-order valence-corrected chi connectivity index (χ1v) is 10.9. The van der Waals surface area contributed by atoms with Crippen LogP contribution in [-0.4, -0.2) is 107 Å². The molecule has 0 spiro atoms.